The van der Waals surface area contributed by atoms with Gasteiger partial charge in [-0.2, -0.15) is 4.98 Å². The van der Waals surface area contributed by atoms with Crippen LogP contribution in [0.5, 0.6) is 0 Å². The minimum absolute atomic E-state index is 0.0232. The highest BCUT2D eigenvalue weighted by Crippen LogP contribution is 2.22. The van der Waals surface area contributed by atoms with Crippen LogP contribution in [-0.2, 0) is 6.54 Å². The maximum atomic E-state index is 13.0. The van der Waals surface area contributed by atoms with Crippen molar-refractivity contribution in [1.82, 2.24) is 20.1 Å². The smallest absolute Gasteiger partial charge is 0.291 e. The lowest BCUT2D eigenvalue weighted by Crippen LogP contribution is -2.24. The molecule has 2 aromatic heterocycles. The first kappa shape index (κ1) is 17.7. The maximum Gasteiger partial charge on any atom is 0.291 e. The van der Waals surface area contributed by atoms with Crippen LogP contribution < -0.4 is 5.32 Å². The number of hydrogen-bond acceptors (Lipinski definition) is 4. The van der Waals surface area contributed by atoms with Gasteiger partial charge in [-0.15, -0.1) is 5.10 Å². The number of hydrogen-bond donors (Lipinski definition) is 1. The Morgan fingerprint density at radius 3 is 2.68 bits per heavy atom. The fourth-order valence-electron chi connectivity index (χ4n) is 2.78. The van der Waals surface area contributed by atoms with Crippen molar-refractivity contribution in [1.29, 1.82) is 0 Å². The molecule has 140 valence electrons. The van der Waals surface area contributed by atoms with Crippen molar-refractivity contribution >= 4 is 5.91 Å². The van der Waals surface area contributed by atoms with Gasteiger partial charge >= 0.3 is 0 Å². The summed E-state index contributed by atoms with van der Waals surface area (Å²) in [5.74, 6) is 0.212. The molecule has 4 aromatic rings. The Morgan fingerprint density at radius 2 is 1.96 bits per heavy atom. The lowest BCUT2D eigenvalue weighted by molar-refractivity contribution is 0.0940. The topological polar surface area (TPSA) is 73.0 Å². The standard InChI is InChI=1S/C21H17FN4O2/c1-14-4-2-5-17(12-14)26-20(18-6-3-11-28-18)24-19(25-26)21(27)23-13-15-7-9-16(22)10-8-15/h2-12H,13H2,1H3,(H,23,27). The summed E-state index contributed by atoms with van der Waals surface area (Å²) in [5, 5.41) is 7.13. The number of amides is 1. The van der Waals surface area contributed by atoms with Gasteiger partial charge in [0.1, 0.15) is 5.82 Å². The van der Waals surface area contributed by atoms with Gasteiger partial charge in [-0.1, -0.05) is 24.3 Å². The number of furan rings is 1. The summed E-state index contributed by atoms with van der Waals surface area (Å²) in [7, 11) is 0. The molecule has 0 fully saturated rings. The highest BCUT2D eigenvalue weighted by molar-refractivity contribution is 5.90. The Hall–Kier alpha value is -3.74. The van der Waals surface area contributed by atoms with E-state index >= 15 is 0 Å². The van der Waals surface area contributed by atoms with E-state index in [4.69, 9.17) is 4.42 Å². The molecule has 0 atom stereocenters. The number of aromatic nitrogens is 3. The van der Waals surface area contributed by atoms with Crippen LogP contribution in [0.3, 0.4) is 0 Å². The van der Waals surface area contributed by atoms with Crippen LogP contribution in [0, 0.1) is 12.7 Å². The second-order valence-electron chi connectivity index (χ2n) is 6.30. The van der Waals surface area contributed by atoms with Crippen LogP contribution in [0.25, 0.3) is 17.3 Å². The summed E-state index contributed by atoms with van der Waals surface area (Å²) in [5.41, 5.74) is 2.61. The van der Waals surface area contributed by atoms with E-state index in [1.54, 1.807) is 35.2 Å². The molecule has 0 saturated heterocycles. The summed E-state index contributed by atoms with van der Waals surface area (Å²) in [4.78, 5) is 16.9. The lowest BCUT2D eigenvalue weighted by atomic mass is 10.2. The minimum Gasteiger partial charge on any atom is -0.461 e. The average molecular weight is 376 g/mol. The predicted molar refractivity (Wildman–Crippen MR) is 101 cm³/mol. The van der Waals surface area contributed by atoms with Gasteiger partial charge in [0.25, 0.3) is 5.91 Å². The third-order valence-electron chi connectivity index (χ3n) is 4.16. The number of carbonyl (C=O) groups is 1. The van der Waals surface area contributed by atoms with Crippen LogP contribution in [0.15, 0.2) is 71.3 Å². The fraction of sp³-hybridized carbons (Fsp3) is 0.0952. The van der Waals surface area contributed by atoms with Gasteiger partial charge in [0.2, 0.25) is 5.82 Å². The molecule has 4 rings (SSSR count). The number of aryl methyl sites for hydroxylation is 1. The number of nitrogens with one attached hydrogen (secondary N) is 1. The summed E-state index contributed by atoms with van der Waals surface area (Å²) in [6.07, 6.45) is 1.54. The molecular weight excluding hydrogens is 359 g/mol. The van der Waals surface area contributed by atoms with E-state index in [0.717, 1.165) is 16.8 Å². The molecule has 2 aromatic carbocycles. The molecule has 0 bridgehead atoms. The number of rotatable bonds is 5. The molecule has 0 aliphatic rings. The molecule has 0 spiro atoms. The number of benzene rings is 2. The molecule has 28 heavy (non-hydrogen) atoms. The Labute approximate surface area is 160 Å². The largest absolute Gasteiger partial charge is 0.461 e. The molecule has 1 amide bonds. The summed E-state index contributed by atoms with van der Waals surface area (Å²) < 4.78 is 20.0. The average Bonchev–Trinajstić information content (AvgIpc) is 3.37. The number of halogens is 1. The van der Waals surface area contributed by atoms with Crippen molar-refractivity contribution in [3.05, 3.63) is 89.7 Å². The van der Waals surface area contributed by atoms with Gasteiger partial charge in [-0.05, 0) is 54.4 Å². The molecule has 7 heteroatoms. The van der Waals surface area contributed by atoms with E-state index < -0.39 is 5.91 Å². The third kappa shape index (κ3) is 3.68. The SMILES string of the molecule is Cc1cccc(-n2nc(C(=O)NCc3ccc(F)cc3)nc2-c2ccco2)c1. The van der Waals surface area contributed by atoms with Crippen molar-refractivity contribution in [3.8, 4) is 17.3 Å². The number of carbonyl (C=O) groups excluding carboxylic acids is 1. The van der Waals surface area contributed by atoms with Crippen molar-refractivity contribution in [2.24, 2.45) is 0 Å². The second kappa shape index (κ2) is 7.48. The quantitative estimate of drug-likeness (QED) is 0.573. The second-order valence-corrected chi connectivity index (χ2v) is 6.30. The van der Waals surface area contributed by atoms with Gasteiger partial charge in [-0.25, -0.2) is 9.07 Å². The Kier molecular flexibility index (Phi) is 4.72. The third-order valence-corrected chi connectivity index (χ3v) is 4.16. The Bertz CT molecular complexity index is 1100. The van der Waals surface area contributed by atoms with E-state index in [0.29, 0.717) is 11.6 Å². The summed E-state index contributed by atoms with van der Waals surface area (Å²) in [6.45, 7) is 2.22. The predicted octanol–water partition coefficient (Wildman–Crippen LogP) is 3.90. The molecule has 2 heterocycles. The highest BCUT2D eigenvalue weighted by atomic mass is 19.1. The van der Waals surface area contributed by atoms with Gasteiger partial charge in [-0.3, -0.25) is 4.79 Å². The van der Waals surface area contributed by atoms with Crippen molar-refractivity contribution in [3.63, 3.8) is 0 Å². The first-order chi connectivity index (χ1) is 13.6. The monoisotopic (exact) mass is 376 g/mol. The van der Waals surface area contributed by atoms with E-state index in [1.807, 2.05) is 31.2 Å². The fourth-order valence-corrected chi connectivity index (χ4v) is 2.78. The first-order valence-corrected chi connectivity index (χ1v) is 8.71. The summed E-state index contributed by atoms with van der Waals surface area (Å²) in [6, 6.07) is 17.1. The molecular formula is C21H17FN4O2. The van der Waals surface area contributed by atoms with Gasteiger partial charge in [0.15, 0.2) is 11.6 Å². The van der Waals surface area contributed by atoms with Crippen LogP contribution >= 0.6 is 0 Å². The summed E-state index contributed by atoms with van der Waals surface area (Å²) >= 11 is 0. The molecule has 1 N–H and O–H groups in total. The van der Waals surface area contributed by atoms with Gasteiger partial charge < -0.3 is 9.73 Å². The zero-order valence-electron chi connectivity index (χ0n) is 15.1. The van der Waals surface area contributed by atoms with E-state index in [1.165, 1.54) is 12.1 Å². The highest BCUT2D eigenvalue weighted by Gasteiger charge is 2.20. The van der Waals surface area contributed by atoms with E-state index in [-0.39, 0.29) is 18.2 Å². The molecule has 0 unspecified atom stereocenters. The Balaban J connectivity index is 1.63. The van der Waals surface area contributed by atoms with E-state index in [2.05, 4.69) is 15.4 Å². The Morgan fingerprint density at radius 1 is 1.14 bits per heavy atom. The maximum absolute atomic E-state index is 13.0. The molecule has 0 radical (unpaired) electrons. The normalized spacial score (nSPS) is 10.8. The van der Waals surface area contributed by atoms with Gasteiger partial charge in [0, 0.05) is 6.54 Å². The zero-order valence-corrected chi connectivity index (χ0v) is 15.1. The molecule has 0 aliphatic heterocycles. The van der Waals surface area contributed by atoms with Crippen LogP contribution in [-0.4, -0.2) is 20.7 Å². The van der Waals surface area contributed by atoms with Crippen molar-refractivity contribution in [2.45, 2.75) is 13.5 Å². The van der Waals surface area contributed by atoms with Crippen LogP contribution in [0.2, 0.25) is 0 Å². The van der Waals surface area contributed by atoms with E-state index in [9.17, 15) is 9.18 Å². The minimum atomic E-state index is -0.427. The first-order valence-electron chi connectivity index (χ1n) is 8.71. The zero-order chi connectivity index (χ0) is 19.5. The lowest BCUT2D eigenvalue weighted by Gasteiger charge is -2.05. The number of nitrogens with zero attached hydrogens (tertiary/aromatic N) is 3. The molecule has 0 aliphatic carbocycles. The van der Waals surface area contributed by atoms with Crippen LogP contribution in [0.4, 0.5) is 4.39 Å². The molecule has 6 nitrogen and oxygen atoms in total. The molecule has 0 saturated carbocycles. The van der Waals surface area contributed by atoms with Crippen molar-refractivity contribution < 1.29 is 13.6 Å². The van der Waals surface area contributed by atoms with Gasteiger partial charge in [0.05, 0.1) is 12.0 Å². The van der Waals surface area contributed by atoms with Crippen molar-refractivity contribution in [2.75, 3.05) is 0 Å². The van der Waals surface area contributed by atoms with Crippen LogP contribution in [0.1, 0.15) is 21.7 Å².